The van der Waals surface area contributed by atoms with Crippen LogP contribution in [0.15, 0.2) is 24.4 Å². The van der Waals surface area contributed by atoms with Gasteiger partial charge in [-0.15, -0.1) is 0 Å². The predicted molar refractivity (Wildman–Crippen MR) is 87.8 cm³/mol. The summed E-state index contributed by atoms with van der Waals surface area (Å²) in [5.74, 6) is -1.12. The molecule has 4 atom stereocenters. The molecule has 0 spiro atoms. The number of aliphatic hydroxyl groups excluding tert-OH is 2. The molecule has 3 N–H and O–H groups in total. The van der Waals surface area contributed by atoms with E-state index in [1.54, 1.807) is 20.0 Å². The maximum absolute atomic E-state index is 12.7. The van der Waals surface area contributed by atoms with Crippen molar-refractivity contribution in [2.24, 2.45) is 7.05 Å². The lowest BCUT2D eigenvalue weighted by molar-refractivity contribution is -0.141. The molecule has 0 radical (unpaired) electrons. The fourth-order valence-electron chi connectivity index (χ4n) is 3.24. The van der Waals surface area contributed by atoms with Crippen LogP contribution in [0, 0.1) is 6.92 Å². The second kappa shape index (κ2) is 6.93. The molecule has 2 aromatic heterocycles. The summed E-state index contributed by atoms with van der Waals surface area (Å²) in [5, 5.41) is 26.9. The van der Waals surface area contributed by atoms with E-state index in [0.717, 1.165) is 18.0 Å². The molecule has 27 heavy (non-hydrogen) atoms. The minimum atomic E-state index is -4.56. The molecule has 146 valence electrons. The Labute approximate surface area is 152 Å². The lowest BCUT2D eigenvalue weighted by Gasteiger charge is -2.23. The molecular weight excluding hydrogens is 365 g/mol. The molecule has 7 nitrogen and oxygen atoms in total. The van der Waals surface area contributed by atoms with Crippen molar-refractivity contribution in [3.05, 3.63) is 47.0 Å². The summed E-state index contributed by atoms with van der Waals surface area (Å²) in [5.41, 5.74) is 0.263. The van der Waals surface area contributed by atoms with Crippen molar-refractivity contribution >= 4 is 5.91 Å². The predicted octanol–water partition coefficient (Wildman–Crippen LogP) is 1.15. The van der Waals surface area contributed by atoms with Gasteiger partial charge >= 0.3 is 6.18 Å². The first-order valence-electron chi connectivity index (χ1n) is 8.28. The maximum atomic E-state index is 12.7. The monoisotopic (exact) mass is 384 g/mol. The number of aliphatic hydroxyl groups is 2. The zero-order chi connectivity index (χ0) is 19.9. The van der Waals surface area contributed by atoms with Crippen LogP contribution in [0.5, 0.6) is 0 Å². The van der Waals surface area contributed by atoms with Gasteiger partial charge in [-0.2, -0.15) is 18.3 Å². The lowest BCUT2D eigenvalue weighted by atomic mass is 9.94. The molecule has 0 bridgehead atoms. The zero-order valence-electron chi connectivity index (χ0n) is 14.6. The smallest absolute Gasteiger partial charge is 0.390 e. The van der Waals surface area contributed by atoms with E-state index in [4.69, 9.17) is 0 Å². The Morgan fingerprint density at radius 1 is 1.33 bits per heavy atom. The van der Waals surface area contributed by atoms with Crippen molar-refractivity contribution < 1.29 is 28.2 Å². The van der Waals surface area contributed by atoms with Crippen LogP contribution in [-0.4, -0.2) is 49.1 Å². The topological polar surface area (TPSA) is 100 Å². The van der Waals surface area contributed by atoms with E-state index in [1.807, 2.05) is 0 Å². The number of pyridine rings is 1. The molecule has 2 heterocycles. The zero-order valence-corrected chi connectivity index (χ0v) is 14.6. The van der Waals surface area contributed by atoms with Crippen molar-refractivity contribution in [1.82, 2.24) is 20.1 Å². The minimum Gasteiger partial charge on any atom is -0.390 e. The average Bonchev–Trinajstić information content (AvgIpc) is 3.08. The molecule has 0 aromatic carbocycles. The molecular formula is C17H19F3N4O3. The van der Waals surface area contributed by atoms with Crippen LogP contribution in [0.3, 0.4) is 0 Å². The summed E-state index contributed by atoms with van der Waals surface area (Å²) in [6, 6.07) is 2.78. The average molecular weight is 384 g/mol. The second-order valence-electron chi connectivity index (χ2n) is 6.67. The number of hydrogen-bond donors (Lipinski definition) is 3. The van der Waals surface area contributed by atoms with E-state index in [-0.39, 0.29) is 12.1 Å². The van der Waals surface area contributed by atoms with Crippen LogP contribution in [0.2, 0.25) is 0 Å². The summed E-state index contributed by atoms with van der Waals surface area (Å²) in [6.07, 6.45) is -5.79. The Bertz CT molecular complexity index is 815. The summed E-state index contributed by atoms with van der Waals surface area (Å²) < 4.78 is 39.6. The quantitative estimate of drug-likeness (QED) is 0.737. The van der Waals surface area contributed by atoms with Gasteiger partial charge < -0.3 is 15.5 Å². The van der Waals surface area contributed by atoms with E-state index in [9.17, 15) is 28.2 Å². The summed E-state index contributed by atoms with van der Waals surface area (Å²) >= 11 is 0. The normalized spacial score (nSPS) is 25.6. The Morgan fingerprint density at radius 2 is 2.04 bits per heavy atom. The third kappa shape index (κ3) is 3.81. The van der Waals surface area contributed by atoms with E-state index < -0.39 is 41.9 Å². The van der Waals surface area contributed by atoms with Gasteiger partial charge in [0.2, 0.25) is 0 Å². The van der Waals surface area contributed by atoms with Crippen LogP contribution in [0.4, 0.5) is 13.2 Å². The highest BCUT2D eigenvalue weighted by atomic mass is 19.4. The molecule has 0 unspecified atom stereocenters. The number of alkyl halides is 3. The molecule has 0 saturated heterocycles. The van der Waals surface area contributed by atoms with Gasteiger partial charge in [0.05, 0.1) is 12.1 Å². The molecule has 0 aliphatic heterocycles. The Kier molecular flexibility index (Phi) is 4.96. The standard InChI is InChI=1S/C17H19F3N4O3/c1-8-5-11(23-24(8)2)16(27)22-14-10(6-12(25)15(14)26)9-3-4-13(21-7-9)17(18,19)20/h3-5,7,10,12,14-15,25-26H,6H2,1-2H3,(H,22,27)/t10-,12-,14-,15-/m1/s1. The second-order valence-corrected chi connectivity index (χ2v) is 6.67. The Morgan fingerprint density at radius 3 is 2.56 bits per heavy atom. The van der Waals surface area contributed by atoms with E-state index >= 15 is 0 Å². The third-order valence-electron chi connectivity index (χ3n) is 4.84. The lowest BCUT2D eigenvalue weighted by Crippen LogP contribution is -2.45. The van der Waals surface area contributed by atoms with Gasteiger partial charge in [0.1, 0.15) is 17.5 Å². The number of amides is 1. The van der Waals surface area contributed by atoms with Crippen LogP contribution < -0.4 is 5.32 Å². The summed E-state index contributed by atoms with van der Waals surface area (Å²) in [7, 11) is 1.68. The minimum absolute atomic E-state index is 0.0837. The number of carbonyl (C=O) groups is 1. The number of aryl methyl sites for hydroxylation is 2. The van der Waals surface area contributed by atoms with Crippen LogP contribution in [-0.2, 0) is 13.2 Å². The van der Waals surface area contributed by atoms with Crippen molar-refractivity contribution in [2.45, 2.75) is 43.7 Å². The molecule has 10 heteroatoms. The highest BCUT2D eigenvalue weighted by molar-refractivity contribution is 5.92. The highest BCUT2D eigenvalue weighted by Gasteiger charge is 2.44. The van der Waals surface area contributed by atoms with Gasteiger partial charge in [0.15, 0.2) is 0 Å². The van der Waals surface area contributed by atoms with Crippen LogP contribution in [0.25, 0.3) is 0 Å². The molecule has 2 aromatic rings. The number of aromatic nitrogens is 3. The first-order valence-corrected chi connectivity index (χ1v) is 8.28. The van der Waals surface area contributed by atoms with Crippen molar-refractivity contribution in [3.63, 3.8) is 0 Å². The summed E-state index contributed by atoms with van der Waals surface area (Å²) in [6.45, 7) is 1.77. The van der Waals surface area contributed by atoms with Gasteiger partial charge in [-0.1, -0.05) is 6.07 Å². The molecule has 1 saturated carbocycles. The molecule has 1 aliphatic rings. The number of nitrogens with zero attached hydrogens (tertiary/aromatic N) is 3. The number of carbonyl (C=O) groups excluding carboxylic acids is 1. The number of hydrogen-bond acceptors (Lipinski definition) is 5. The first kappa shape index (κ1) is 19.3. The molecule has 1 fully saturated rings. The third-order valence-corrected chi connectivity index (χ3v) is 4.84. The van der Waals surface area contributed by atoms with Gasteiger partial charge in [-0.3, -0.25) is 14.5 Å². The highest BCUT2D eigenvalue weighted by Crippen LogP contribution is 2.36. The maximum Gasteiger partial charge on any atom is 0.433 e. The molecule has 3 rings (SSSR count). The van der Waals surface area contributed by atoms with E-state index in [1.165, 1.54) is 10.7 Å². The first-order chi connectivity index (χ1) is 12.6. The Balaban J connectivity index is 1.82. The molecule has 1 aliphatic carbocycles. The Hall–Kier alpha value is -2.46. The number of halogens is 3. The van der Waals surface area contributed by atoms with Gasteiger partial charge in [-0.05, 0) is 31.0 Å². The van der Waals surface area contributed by atoms with Crippen molar-refractivity contribution in [1.29, 1.82) is 0 Å². The molecule has 1 amide bonds. The fourth-order valence-corrected chi connectivity index (χ4v) is 3.24. The SMILES string of the molecule is Cc1cc(C(=O)N[C@H]2[C@H](O)[C@H](O)C[C@@H]2c2ccc(C(F)(F)F)nc2)nn1C. The van der Waals surface area contributed by atoms with E-state index in [2.05, 4.69) is 15.4 Å². The summed E-state index contributed by atoms with van der Waals surface area (Å²) in [4.78, 5) is 15.9. The number of nitrogens with one attached hydrogen (secondary N) is 1. The van der Waals surface area contributed by atoms with Crippen molar-refractivity contribution in [2.75, 3.05) is 0 Å². The largest absolute Gasteiger partial charge is 0.433 e. The van der Waals surface area contributed by atoms with Gasteiger partial charge in [0.25, 0.3) is 5.91 Å². The van der Waals surface area contributed by atoms with Crippen LogP contribution >= 0.6 is 0 Å². The fraction of sp³-hybridized carbons (Fsp3) is 0.471. The van der Waals surface area contributed by atoms with Crippen molar-refractivity contribution in [3.8, 4) is 0 Å². The number of rotatable bonds is 3. The van der Waals surface area contributed by atoms with Gasteiger partial charge in [-0.25, -0.2) is 0 Å². The van der Waals surface area contributed by atoms with Crippen LogP contribution in [0.1, 0.15) is 39.8 Å². The van der Waals surface area contributed by atoms with E-state index in [0.29, 0.717) is 5.56 Å². The van der Waals surface area contributed by atoms with Gasteiger partial charge in [0, 0.05) is 24.9 Å².